The minimum Gasteiger partial charge on any atom is -0.381 e. The summed E-state index contributed by atoms with van der Waals surface area (Å²) < 4.78 is 13.0. The van der Waals surface area contributed by atoms with Gasteiger partial charge in [-0.1, -0.05) is 23.7 Å². The number of nitrogens with one attached hydrogen (secondary N) is 1. The van der Waals surface area contributed by atoms with Crippen molar-refractivity contribution in [3.05, 3.63) is 64.4 Å². The summed E-state index contributed by atoms with van der Waals surface area (Å²) >= 11 is 5.94. The molecule has 2 aromatic rings. The van der Waals surface area contributed by atoms with E-state index < -0.39 is 0 Å². The van der Waals surface area contributed by atoms with Gasteiger partial charge in [0, 0.05) is 17.3 Å². The maximum Gasteiger partial charge on any atom is 0.123 e. The summed E-state index contributed by atoms with van der Waals surface area (Å²) in [6.07, 6.45) is 0. The molecule has 0 aromatic heterocycles. The average Bonchev–Trinajstić information content (AvgIpc) is 2.31. The lowest BCUT2D eigenvalue weighted by molar-refractivity contribution is 0.626. The molecule has 0 unspecified atom stereocenters. The predicted octanol–water partition coefficient (Wildman–Crippen LogP) is 4.40. The van der Waals surface area contributed by atoms with Gasteiger partial charge in [-0.25, -0.2) is 4.39 Å². The molecule has 0 saturated heterocycles. The molecule has 0 aliphatic carbocycles. The Morgan fingerprint density at radius 3 is 2.71 bits per heavy atom. The minimum absolute atomic E-state index is 0.211. The number of hydrogen-bond donors (Lipinski definition) is 1. The molecule has 0 radical (unpaired) electrons. The van der Waals surface area contributed by atoms with Gasteiger partial charge in [0.2, 0.25) is 0 Å². The largest absolute Gasteiger partial charge is 0.381 e. The SMILES string of the molecule is Cc1cc(NCc2cccc(F)c2)ccc1Cl. The first-order valence-electron chi connectivity index (χ1n) is 5.39. The average molecular weight is 250 g/mol. The molecule has 2 rings (SSSR count). The maximum absolute atomic E-state index is 13.0. The molecular weight excluding hydrogens is 237 g/mol. The fourth-order valence-electron chi connectivity index (χ4n) is 1.61. The quantitative estimate of drug-likeness (QED) is 0.850. The maximum atomic E-state index is 13.0. The second-order valence-corrected chi connectivity index (χ2v) is 4.35. The summed E-state index contributed by atoms with van der Waals surface area (Å²) in [4.78, 5) is 0. The molecular formula is C14H13ClFN. The minimum atomic E-state index is -0.211. The Bertz CT molecular complexity index is 525. The summed E-state index contributed by atoms with van der Waals surface area (Å²) in [5, 5.41) is 3.98. The van der Waals surface area contributed by atoms with Crippen LogP contribution in [-0.4, -0.2) is 0 Å². The molecule has 0 amide bonds. The molecule has 0 aliphatic heterocycles. The van der Waals surface area contributed by atoms with Crippen molar-refractivity contribution in [1.29, 1.82) is 0 Å². The van der Waals surface area contributed by atoms with E-state index in [0.717, 1.165) is 21.8 Å². The van der Waals surface area contributed by atoms with Gasteiger partial charge < -0.3 is 5.32 Å². The zero-order chi connectivity index (χ0) is 12.3. The van der Waals surface area contributed by atoms with Crippen LogP contribution < -0.4 is 5.32 Å². The van der Waals surface area contributed by atoms with E-state index in [1.807, 2.05) is 31.2 Å². The van der Waals surface area contributed by atoms with E-state index in [0.29, 0.717) is 6.54 Å². The topological polar surface area (TPSA) is 12.0 Å². The van der Waals surface area contributed by atoms with E-state index in [-0.39, 0.29) is 5.82 Å². The molecule has 0 heterocycles. The van der Waals surface area contributed by atoms with Crippen molar-refractivity contribution >= 4 is 17.3 Å². The van der Waals surface area contributed by atoms with Crippen molar-refractivity contribution in [3.8, 4) is 0 Å². The first-order chi connectivity index (χ1) is 8.15. The van der Waals surface area contributed by atoms with Crippen molar-refractivity contribution in [2.75, 3.05) is 5.32 Å². The van der Waals surface area contributed by atoms with Crippen LogP contribution in [0.5, 0.6) is 0 Å². The van der Waals surface area contributed by atoms with Gasteiger partial charge in [-0.15, -0.1) is 0 Å². The van der Waals surface area contributed by atoms with Crippen LogP contribution in [-0.2, 0) is 6.54 Å². The highest BCUT2D eigenvalue weighted by Gasteiger charge is 1.98. The summed E-state index contributed by atoms with van der Waals surface area (Å²) in [6.45, 7) is 2.55. The first-order valence-corrected chi connectivity index (χ1v) is 5.77. The van der Waals surface area contributed by atoms with Crippen molar-refractivity contribution < 1.29 is 4.39 Å². The summed E-state index contributed by atoms with van der Waals surface area (Å²) in [6, 6.07) is 12.3. The van der Waals surface area contributed by atoms with Crippen LogP contribution in [0.3, 0.4) is 0 Å². The lowest BCUT2D eigenvalue weighted by atomic mass is 10.2. The van der Waals surface area contributed by atoms with Crippen molar-refractivity contribution in [2.24, 2.45) is 0 Å². The molecule has 0 saturated carbocycles. The third-order valence-electron chi connectivity index (χ3n) is 2.54. The molecule has 0 atom stereocenters. The first kappa shape index (κ1) is 11.9. The van der Waals surface area contributed by atoms with Gasteiger partial charge in [0.15, 0.2) is 0 Å². The zero-order valence-corrected chi connectivity index (χ0v) is 10.3. The smallest absolute Gasteiger partial charge is 0.123 e. The lowest BCUT2D eigenvalue weighted by Crippen LogP contribution is -1.99. The van der Waals surface area contributed by atoms with E-state index in [1.165, 1.54) is 12.1 Å². The Balaban J connectivity index is 2.05. The molecule has 3 heteroatoms. The number of benzene rings is 2. The highest BCUT2D eigenvalue weighted by Crippen LogP contribution is 2.19. The Kier molecular flexibility index (Phi) is 3.64. The molecule has 0 aliphatic rings. The molecule has 1 N–H and O–H groups in total. The summed E-state index contributed by atoms with van der Waals surface area (Å²) in [5.41, 5.74) is 2.92. The molecule has 88 valence electrons. The fraction of sp³-hybridized carbons (Fsp3) is 0.143. The molecule has 0 spiro atoms. The second kappa shape index (κ2) is 5.19. The van der Waals surface area contributed by atoms with Gasteiger partial charge in [0.25, 0.3) is 0 Å². The number of anilines is 1. The predicted molar refractivity (Wildman–Crippen MR) is 69.9 cm³/mol. The van der Waals surface area contributed by atoms with Crippen LogP contribution in [0.4, 0.5) is 10.1 Å². The van der Waals surface area contributed by atoms with E-state index >= 15 is 0 Å². The monoisotopic (exact) mass is 249 g/mol. The van der Waals surface area contributed by atoms with Crippen molar-refractivity contribution in [3.63, 3.8) is 0 Å². The fourth-order valence-corrected chi connectivity index (χ4v) is 1.72. The highest BCUT2D eigenvalue weighted by atomic mass is 35.5. The van der Waals surface area contributed by atoms with E-state index in [1.54, 1.807) is 6.07 Å². The molecule has 17 heavy (non-hydrogen) atoms. The summed E-state index contributed by atoms with van der Waals surface area (Å²) in [5.74, 6) is -0.211. The molecule has 0 bridgehead atoms. The molecule has 1 nitrogen and oxygen atoms in total. The Morgan fingerprint density at radius 1 is 1.18 bits per heavy atom. The van der Waals surface area contributed by atoms with Gasteiger partial charge in [-0.2, -0.15) is 0 Å². The van der Waals surface area contributed by atoms with E-state index in [2.05, 4.69) is 5.32 Å². The van der Waals surface area contributed by atoms with Crippen LogP contribution in [0.15, 0.2) is 42.5 Å². The number of aryl methyl sites for hydroxylation is 1. The third-order valence-corrected chi connectivity index (χ3v) is 2.97. The normalized spacial score (nSPS) is 10.3. The molecule has 2 aromatic carbocycles. The van der Waals surface area contributed by atoms with Crippen LogP contribution in [0, 0.1) is 12.7 Å². The lowest BCUT2D eigenvalue weighted by Gasteiger charge is -2.08. The second-order valence-electron chi connectivity index (χ2n) is 3.95. The Labute approximate surface area is 105 Å². The van der Waals surface area contributed by atoms with Gasteiger partial charge in [-0.05, 0) is 48.4 Å². The van der Waals surface area contributed by atoms with E-state index in [4.69, 9.17) is 11.6 Å². The van der Waals surface area contributed by atoms with Gasteiger partial charge in [0.05, 0.1) is 0 Å². The van der Waals surface area contributed by atoms with Crippen LogP contribution in [0.2, 0.25) is 5.02 Å². The Hall–Kier alpha value is -1.54. The standard InChI is InChI=1S/C14H13ClFN/c1-10-7-13(5-6-14(10)15)17-9-11-3-2-4-12(16)8-11/h2-8,17H,9H2,1H3. The zero-order valence-electron chi connectivity index (χ0n) is 9.50. The number of hydrogen-bond acceptors (Lipinski definition) is 1. The van der Waals surface area contributed by atoms with Crippen LogP contribution in [0.1, 0.15) is 11.1 Å². The van der Waals surface area contributed by atoms with Crippen molar-refractivity contribution in [1.82, 2.24) is 0 Å². The highest BCUT2D eigenvalue weighted by molar-refractivity contribution is 6.31. The third kappa shape index (κ3) is 3.21. The molecule has 0 fully saturated rings. The summed E-state index contributed by atoms with van der Waals surface area (Å²) in [7, 11) is 0. The van der Waals surface area contributed by atoms with Crippen LogP contribution in [0.25, 0.3) is 0 Å². The Morgan fingerprint density at radius 2 is 2.00 bits per heavy atom. The number of halogens is 2. The van der Waals surface area contributed by atoms with Gasteiger partial charge in [0.1, 0.15) is 5.82 Å². The van der Waals surface area contributed by atoms with Gasteiger partial charge in [-0.3, -0.25) is 0 Å². The number of rotatable bonds is 3. The van der Waals surface area contributed by atoms with Crippen LogP contribution >= 0.6 is 11.6 Å². The van der Waals surface area contributed by atoms with E-state index in [9.17, 15) is 4.39 Å². The van der Waals surface area contributed by atoms with Gasteiger partial charge >= 0.3 is 0 Å². The van der Waals surface area contributed by atoms with Crippen molar-refractivity contribution in [2.45, 2.75) is 13.5 Å².